The summed E-state index contributed by atoms with van der Waals surface area (Å²) in [5, 5.41) is 2.73. The van der Waals surface area contributed by atoms with E-state index in [1.54, 1.807) is 47.6 Å². The summed E-state index contributed by atoms with van der Waals surface area (Å²) >= 11 is 5.99. The molecule has 2 aromatic rings. The van der Waals surface area contributed by atoms with Crippen molar-refractivity contribution in [3.8, 4) is 0 Å². The van der Waals surface area contributed by atoms with Crippen LogP contribution < -0.4 is 5.32 Å². The van der Waals surface area contributed by atoms with Crippen LogP contribution in [-0.4, -0.2) is 65.2 Å². The molecule has 0 aliphatic carbocycles. The maximum atomic E-state index is 13.2. The number of carbonyl (C=O) groups is 1. The highest BCUT2D eigenvalue weighted by Gasteiger charge is 2.65. The van der Waals surface area contributed by atoms with Gasteiger partial charge in [0.25, 0.3) is 0 Å². The fourth-order valence-corrected chi connectivity index (χ4v) is 7.19. The summed E-state index contributed by atoms with van der Waals surface area (Å²) in [6, 6.07) is 10.3. The molecule has 0 radical (unpaired) electrons. The van der Waals surface area contributed by atoms with Crippen molar-refractivity contribution in [3.05, 3.63) is 59.4 Å². The van der Waals surface area contributed by atoms with Crippen molar-refractivity contribution in [1.29, 1.82) is 0 Å². The Hall–Kier alpha value is -2.20. The van der Waals surface area contributed by atoms with Gasteiger partial charge in [0.2, 0.25) is 10.0 Å². The Bertz CT molecular complexity index is 1080. The van der Waals surface area contributed by atoms with Crippen molar-refractivity contribution in [2.45, 2.75) is 29.9 Å². The van der Waals surface area contributed by atoms with Gasteiger partial charge < -0.3 is 15.0 Å². The number of ether oxygens (including phenoxy) is 1. The second-order valence-electron chi connectivity index (χ2n) is 8.02. The molecule has 1 N–H and O–H groups in total. The van der Waals surface area contributed by atoms with E-state index in [4.69, 9.17) is 16.3 Å². The first kappa shape index (κ1) is 19.7. The van der Waals surface area contributed by atoms with Gasteiger partial charge in [-0.15, -0.1) is 0 Å². The number of nitrogens with one attached hydrogen (secondary N) is 1. The third kappa shape index (κ3) is 3.35. The van der Waals surface area contributed by atoms with Gasteiger partial charge in [-0.3, -0.25) is 4.98 Å². The first-order valence-electron chi connectivity index (χ1n) is 9.73. The van der Waals surface area contributed by atoms with E-state index in [2.05, 4.69) is 10.3 Å². The number of carbonyl (C=O) groups excluding carboxylic acids is 1. The average molecular weight is 449 g/mol. The number of amides is 2. The lowest BCUT2D eigenvalue weighted by Crippen LogP contribution is -2.57. The van der Waals surface area contributed by atoms with Gasteiger partial charge in [0.1, 0.15) is 10.9 Å². The Morgan fingerprint density at radius 1 is 1.30 bits per heavy atom. The number of fused-ring (bicyclic) bond motifs is 1. The summed E-state index contributed by atoms with van der Waals surface area (Å²) in [4.78, 5) is 18.6. The zero-order chi connectivity index (χ0) is 20.9. The lowest BCUT2D eigenvalue weighted by molar-refractivity contribution is -0.0946. The van der Waals surface area contributed by atoms with E-state index in [9.17, 15) is 13.2 Å². The number of morpholine rings is 1. The summed E-state index contributed by atoms with van der Waals surface area (Å²) in [5.74, 6) is 0. The summed E-state index contributed by atoms with van der Waals surface area (Å²) in [5.41, 5.74) is 0.508. The van der Waals surface area contributed by atoms with Crippen LogP contribution in [0.4, 0.5) is 10.5 Å². The van der Waals surface area contributed by atoms with Gasteiger partial charge in [0.15, 0.2) is 0 Å². The smallest absolute Gasteiger partial charge is 0.322 e. The molecule has 5 rings (SSSR count). The predicted octanol–water partition coefficient (Wildman–Crippen LogP) is 2.32. The van der Waals surface area contributed by atoms with Crippen LogP contribution in [0.1, 0.15) is 12.0 Å². The molecule has 3 saturated heterocycles. The fraction of sp³-hybridized carbons (Fsp3) is 0.400. The van der Waals surface area contributed by atoms with Crippen LogP contribution in [0.2, 0.25) is 5.02 Å². The topological polar surface area (TPSA) is 91.8 Å². The second-order valence-corrected chi connectivity index (χ2v) is 10.6. The van der Waals surface area contributed by atoms with Crippen LogP contribution in [0.5, 0.6) is 0 Å². The lowest BCUT2D eigenvalue weighted by Gasteiger charge is -2.39. The molecule has 3 aliphatic rings. The second kappa shape index (κ2) is 7.19. The third-order valence-corrected chi connectivity index (χ3v) is 8.51. The van der Waals surface area contributed by atoms with Crippen molar-refractivity contribution >= 4 is 33.3 Å². The number of urea groups is 1. The number of benzene rings is 1. The van der Waals surface area contributed by atoms with Crippen LogP contribution in [0.25, 0.3) is 0 Å². The highest BCUT2D eigenvalue weighted by atomic mass is 35.5. The molecule has 1 spiro atoms. The number of rotatable bonds is 3. The Balaban J connectivity index is 1.35. The molecule has 3 aliphatic heterocycles. The molecular weight excluding hydrogens is 428 g/mol. The molecule has 30 heavy (non-hydrogen) atoms. The van der Waals surface area contributed by atoms with E-state index in [-0.39, 0.29) is 31.8 Å². The van der Waals surface area contributed by atoms with Gasteiger partial charge in [-0.1, -0.05) is 23.7 Å². The molecule has 10 heteroatoms. The van der Waals surface area contributed by atoms with E-state index < -0.39 is 20.9 Å². The average Bonchev–Trinajstić information content (AvgIpc) is 3.08. The van der Waals surface area contributed by atoms with Crippen LogP contribution >= 0.6 is 11.6 Å². The van der Waals surface area contributed by atoms with Crippen molar-refractivity contribution in [1.82, 2.24) is 14.2 Å². The number of pyridine rings is 1. The normalized spacial score (nSPS) is 29.6. The van der Waals surface area contributed by atoms with Crippen molar-refractivity contribution in [2.75, 3.05) is 25.0 Å². The van der Waals surface area contributed by atoms with Crippen LogP contribution in [-0.2, 0) is 21.3 Å². The molecule has 3 atom stereocenters. The van der Waals surface area contributed by atoms with E-state index in [1.807, 2.05) is 6.07 Å². The number of nitrogens with zero attached hydrogens (tertiary/aromatic N) is 3. The standard InChI is InChI=1S/C20H21ClN4O4S/c21-15-4-1-5-16(7-15)23-19(26)24-11-17-8-18-20(12-24,29-17)13-25(30(18,27)28)10-14-3-2-6-22-9-14/h1-7,9,17-18H,8,10-13H2,(H,23,26)/t17-,18+,20+/m1/s1. The Kier molecular flexibility index (Phi) is 4.73. The van der Waals surface area contributed by atoms with Crippen molar-refractivity contribution in [3.63, 3.8) is 0 Å². The highest BCUT2D eigenvalue weighted by molar-refractivity contribution is 7.90. The molecule has 0 unspecified atom stereocenters. The first-order valence-corrected chi connectivity index (χ1v) is 11.6. The third-order valence-electron chi connectivity index (χ3n) is 5.96. The minimum Gasteiger partial charge on any atom is -0.365 e. The zero-order valence-corrected chi connectivity index (χ0v) is 17.6. The number of hydrogen-bond acceptors (Lipinski definition) is 5. The number of anilines is 1. The number of hydrogen-bond donors (Lipinski definition) is 1. The van der Waals surface area contributed by atoms with E-state index >= 15 is 0 Å². The van der Waals surface area contributed by atoms with Gasteiger partial charge in [0.05, 0.1) is 12.6 Å². The summed E-state index contributed by atoms with van der Waals surface area (Å²) in [7, 11) is -3.54. The van der Waals surface area contributed by atoms with Crippen molar-refractivity contribution < 1.29 is 17.9 Å². The molecule has 2 bridgehead atoms. The molecule has 1 aromatic heterocycles. The molecule has 4 heterocycles. The number of aromatic nitrogens is 1. The number of halogens is 1. The number of likely N-dealkylation sites (tertiary alicyclic amines) is 1. The molecule has 8 nitrogen and oxygen atoms in total. The lowest BCUT2D eigenvalue weighted by atomic mass is 9.99. The quantitative estimate of drug-likeness (QED) is 0.778. The first-order chi connectivity index (χ1) is 14.4. The summed E-state index contributed by atoms with van der Waals surface area (Å²) in [6.45, 7) is 1.07. The summed E-state index contributed by atoms with van der Waals surface area (Å²) < 4.78 is 34.1. The molecule has 0 saturated carbocycles. The van der Waals surface area contributed by atoms with Gasteiger partial charge in [0, 0.05) is 42.7 Å². The fourth-order valence-electron chi connectivity index (χ4n) is 4.71. The SMILES string of the molecule is O=C(Nc1cccc(Cl)c1)N1C[C@H]2C[C@H]3[C@](C1)(CN(Cc1cccnc1)S3(=O)=O)O2. The van der Waals surface area contributed by atoms with E-state index in [1.165, 1.54) is 4.31 Å². The Morgan fingerprint density at radius 2 is 2.17 bits per heavy atom. The molecule has 3 fully saturated rings. The summed E-state index contributed by atoms with van der Waals surface area (Å²) in [6.07, 6.45) is 3.42. The number of sulfonamides is 1. The highest BCUT2D eigenvalue weighted by Crippen LogP contribution is 2.47. The maximum Gasteiger partial charge on any atom is 0.322 e. The molecular formula is C20H21ClN4O4S. The van der Waals surface area contributed by atoms with E-state index in [0.717, 1.165) is 5.56 Å². The van der Waals surface area contributed by atoms with Crippen LogP contribution in [0, 0.1) is 0 Å². The largest absolute Gasteiger partial charge is 0.365 e. The molecule has 2 amide bonds. The minimum absolute atomic E-state index is 0.226. The van der Waals surface area contributed by atoms with Crippen LogP contribution in [0.15, 0.2) is 48.8 Å². The maximum absolute atomic E-state index is 13.2. The monoisotopic (exact) mass is 448 g/mol. The predicted molar refractivity (Wildman–Crippen MR) is 112 cm³/mol. The molecule has 1 aromatic carbocycles. The van der Waals surface area contributed by atoms with Gasteiger partial charge in [-0.05, 0) is 36.2 Å². The van der Waals surface area contributed by atoms with Crippen molar-refractivity contribution in [2.24, 2.45) is 0 Å². The minimum atomic E-state index is -3.54. The van der Waals surface area contributed by atoms with Gasteiger partial charge in [-0.2, -0.15) is 4.31 Å². The zero-order valence-electron chi connectivity index (χ0n) is 16.1. The van der Waals surface area contributed by atoms with E-state index in [0.29, 0.717) is 23.7 Å². The Labute approximate surface area is 179 Å². The van der Waals surface area contributed by atoms with Gasteiger partial charge >= 0.3 is 6.03 Å². The van der Waals surface area contributed by atoms with Crippen LogP contribution in [0.3, 0.4) is 0 Å². The van der Waals surface area contributed by atoms with Gasteiger partial charge in [-0.25, -0.2) is 13.2 Å². The Morgan fingerprint density at radius 3 is 2.93 bits per heavy atom. The molecule has 158 valence electrons.